The molecular formula is C19H18F3N5O2S. The lowest BCUT2D eigenvalue weighted by atomic mass is 10.2. The van der Waals surface area contributed by atoms with Crippen LogP contribution in [0.1, 0.15) is 5.56 Å². The topological polar surface area (TPSA) is 71.3 Å². The lowest BCUT2D eigenvalue weighted by Crippen LogP contribution is -2.49. The second-order valence-electron chi connectivity index (χ2n) is 6.74. The van der Waals surface area contributed by atoms with Crippen molar-refractivity contribution in [2.45, 2.75) is 11.1 Å². The van der Waals surface area contributed by atoms with Gasteiger partial charge in [0.1, 0.15) is 18.0 Å². The highest BCUT2D eigenvalue weighted by molar-refractivity contribution is 7.89. The molecule has 4 rings (SSSR count). The Balaban J connectivity index is 1.46. The average Bonchev–Trinajstić information content (AvgIpc) is 3.28. The van der Waals surface area contributed by atoms with Gasteiger partial charge in [-0.1, -0.05) is 0 Å². The Morgan fingerprint density at radius 2 is 1.47 bits per heavy atom. The van der Waals surface area contributed by atoms with Gasteiger partial charge in [0.25, 0.3) is 0 Å². The third-order valence-corrected chi connectivity index (χ3v) is 6.80. The van der Waals surface area contributed by atoms with Crippen molar-refractivity contribution in [3.63, 3.8) is 0 Å². The molecule has 158 valence electrons. The van der Waals surface area contributed by atoms with Crippen LogP contribution < -0.4 is 4.90 Å². The molecule has 0 N–H and O–H groups in total. The van der Waals surface area contributed by atoms with E-state index in [2.05, 4.69) is 9.97 Å². The van der Waals surface area contributed by atoms with Crippen molar-refractivity contribution in [2.24, 2.45) is 0 Å². The molecule has 3 heterocycles. The lowest BCUT2D eigenvalue weighted by molar-refractivity contribution is -0.137. The molecule has 0 unspecified atom stereocenters. The number of hydrogen-bond acceptors (Lipinski definition) is 5. The van der Waals surface area contributed by atoms with Crippen LogP contribution in [0, 0.1) is 0 Å². The smallest absolute Gasteiger partial charge is 0.354 e. The van der Waals surface area contributed by atoms with Gasteiger partial charge >= 0.3 is 6.18 Å². The maximum Gasteiger partial charge on any atom is 0.416 e. The number of aromatic nitrogens is 3. The van der Waals surface area contributed by atoms with Crippen LogP contribution in [0.2, 0.25) is 0 Å². The van der Waals surface area contributed by atoms with Crippen LogP contribution in [0.5, 0.6) is 0 Å². The van der Waals surface area contributed by atoms with Gasteiger partial charge in [-0.15, -0.1) is 0 Å². The normalized spacial score (nSPS) is 16.0. The molecule has 2 aromatic heterocycles. The quantitative estimate of drug-likeness (QED) is 0.628. The van der Waals surface area contributed by atoms with Gasteiger partial charge in [-0.2, -0.15) is 17.5 Å². The van der Waals surface area contributed by atoms with Crippen molar-refractivity contribution >= 4 is 15.8 Å². The number of benzene rings is 1. The van der Waals surface area contributed by atoms with Crippen LogP contribution in [-0.4, -0.2) is 53.4 Å². The Bertz CT molecular complexity index is 1110. The van der Waals surface area contributed by atoms with E-state index in [0.717, 1.165) is 24.3 Å². The first-order valence-electron chi connectivity index (χ1n) is 9.13. The minimum atomic E-state index is -4.51. The van der Waals surface area contributed by atoms with Gasteiger partial charge in [0.2, 0.25) is 10.0 Å². The second kappa shape index (κ2) is 7.73. The third kappa shape index (κ3) is 4.03. The molecule has 0 bridgehead atoms. The first kappa shape index (κ1) is 20.4. The maximum absolute atomic E-state index is 12.8. The van der Waals surface area contributed by atoms with Gasteiger partial charge in [0.05, 0.1) is 10.5 Å². The fourth-order valence-electron chi connectivity index (χ4n) is 3.26. The summed E-state index contributed by atoms with van der Waals surface area (Å²) in [4.78, 5) is 10.3. The largest absolute Gasteiger partial charge is 0.416 e. The van der Waals surface area contributed by atoms with E-state index in [4.69, 9.17) is 0 Å². The van der Waals surface area contributed by atoms with Gasteiger partial charge in [-0.05, 0) is 36.4 Å². The third-order valence-electron chi connectivity index (χ3n) is 4.89. The zero-order valence-electron chi connectivity index (χ0n) is 15.7. The summed E-state index contributed by atoms with van der Waals surface area (Å²) in [5.41, 5.74) is -0.881. The molecule has 1 saturated heterocycles. The highest BCUT2D eigenvalue weighted by Gasteiger charge is 2.32. The molecule has 1 aromatic carbocycles. The number of piperazine rings is 1. The minimum Gasteiger partial charge on any atom is -0.354 e. The second-order valence-corrected chi connectivity index (χ2v) is 8.68. The average molecular weight is 437 g/mol. The molecule has 11 heteroatoms. The summed E-state index contributed by atoms with van der Waals surface area (Å²) in [6.45, 7) is 1.21. The maximum atomic E-state index is 12.8. The number of sulfonamides is 1. The zero-order valence-corrected chi connectivity index (χ0v) is 16.5. The van der Waals surface area contributed by atoms with Crippen LogP contribution in [0.4, 0.5) is 19.0 Å². The number of anilines is 1. The van der Waals surface area contributed by atoms with Crippen LogP contribution in [0.3, 0.4) is 0 Å². The Kier molecular flexibility index (Phi) is 5.24. The Hall–Kier alpha value is -2.92. The molecule has 30 heavy (non-hydrogen) atoms. The van der Waals surface area contributed by atoms with Gasteiger partial charge in [-0.3, -0.25) is 0 Å². The highest BCUT2D eigenvalue weighted by atomic mass is 32.2. The molecule has 0 amide bonds. The molecular weight excluding hydrogens is 419 g/mol. The van der Waals surface area contributed by atoms with E-state index in [1.807, 2.05) is 40.1 Å². The number of alkyl halides is 3. The first-order chi connectivity index (χ1) is 14.2. The molecule has 0 spiro atoms. The summed E-state index contributed by atoms with van der Waals surface area (Å²) in [5, 5.41) is 0. The number of halogens is 3. The van der Waals surface area contributed by atoms with E-state index < -0.39 is 21.8 Å². The molecule has 1 aliphatic heterocycles. The van der Waals surface area contributed by atoms with Gasteiger partial charge < -0.3 is 9.47 Å². The monoisotopic (exact) mass is 437 g/mol. The van der Waals surface area contributed by atoms with Crippen molar-refractivity contribution in [3.05, 3.63) is 66.7 Å². The van der Waals surface area contributed by atoms with E-state index >= 15 is 0 Å². The predicted molar refractivity (Wildman–Crippen MR) is 104 cm³/mol. The first-order valence-corrected chi connectivity index (χ1v) is 10.6. The van der Waals surface area contributed by atoms with E-state index in [9.17, 15) is 21.6 Å². The standard InChI is InChI=1S/C19H18F3N5O2S/c20-19(21,22)15-3-5-16(6-4-15)30(28,29)27-11-9-26(10-12-27)18-13-17(23-14-24-18)25-7-1-2-8-25/h1-8,13-14H,9-12H2. The Morgan fingerprint density at radius 1 is 0.867 bits per heavy atom. The van der Waals surface area contributed by atoms with Crippen LogP contribution in [0.25, 0.3) is 5.82 Å². The number of nitrogens with zero attached hydrogens (tertiary/aromatic N) is 5. The highest BCUT2D eigenvalue weighted by Crippen LogP contribution is 2.30. The number of hydrogen-bond donors (Lipinski definition) is 0. The predicted octanol–water partition coefficient (Wildman–Crippen LogP) is 2.80. The van der Waals surface area contributed by atoms with Crippen molar-refractivity contribution in [1.82, 2.24) is 18.8 Å². The SMILES string of the molecule is O=S(=O)(c1ccc(C(F)(F)F)cc1)N1CCN(c2cc(-n3cccc3)ncn2)CC1. The summed E-state index contributed by atoms with van der Waals surface area (Å²) < 4.78 is 66.9. The van der Waals surface area contributed by atoms with Crippen LogP contribution in [0.15, 0.2) is 66.1 Å². The summed E-state index contributed by atoms with van der Waals surface area (Å²) in [7, 11) is -3.87. The van der Waals surface area contributed by atoms with Gasteiger partial charge in [0.15, 0.2) is 0 Å². The van der Waals surface area contributed by atoms with Crippen molar-refractivity contribution in [3.8, 4) is 5.82 Å². The van der Waals surface area contributed by atoms with Crippen molar-refractivity contribution in [2.75, 3.05) is 31.1 Å². The Morgan fingerprint density at radius 3 is 2.07 bits per heavy atom. The molecule has 0 aliphatic carbocycles. The molecule has 1 fully saturated rings. The summed E-state index contributed by atoms with van der Waals surface area (Å²) >= 11 is 0. The fourth-order valence-corrected chi connectivity index (χ4v) is 4.68. The van der Waals surface area contributed by atoms with E-state index in [0.29, 0.717) is 24.7 Å². The molecule has 3 aromatic rings. The van der Waals surface area contributed by atoms with E-state index in [1.54, 1.807) is 0 Å². The van der Waals surface area contributed by atoms with E-state index in [1.165, 1.54) is 10.6 Å². The molecule has 0 radical (unpaired) electrons. The van der Waals surface area contributed by atoms with E-state index in [-0.39, 0.29) is 18.0 Å². The van der Waals surface area contributed by atoms with Gasteiger partial charge in [0, 0.05) is 44.6 Å². The van der Waals surface area contributed by atoms with Gasteiger partial charge in [-0.25, -0.2) is 18.4 Å². The van der Waals surface area contributed by atoms with Crippen LogP contribution in [-0.2, 0) is 16.2 Å². The summed E-state index contributed by atoms with van der Waals surface area (Å²) in [6, 6.07) is 9.15. The lowest BCUT2D eigenvalue weighted by Gasteiger charge is -2.34. The molecule has 7 nitrogen and oxygen atoms in total. The summed E-state index contributed by atoms with van der Waals surface area (Å²) in [6.07, 6.45) is 0.669. The van der Waals surface area contributed by atoms with Crippen molar-refractivity contribution in [1.29, 1.82) is 0 Å². The zero-order chi connectivity index (χ0) is 21.4. The number of rotatable bonds is 4. The van der Waals surface area contributed by atoms with Crippen LogP contribution >= 0.6 is 0 Å². The Labute approximate surface area is 171 Å². The molecule has 0 atom stereocenters. The molecule has 1 aliphatic rings. The minimum absolute atomic E-state index is 0.152. The fraction of sp³-hybridized carbons (Fsp3) is 0.263. The molecule has 0 saturated carbocycles. The van der Waals surface area contributed by atoms with Crippen molar-refractivity contribution < 1.29 is 21.6 Å². The summed E-state index contributed by atoms with van der Waals surface area (Å²) in [5.74, 6) is 1.38.